The molecule has 140 valence electrons. The van der Waals surface area contributed by atoms with Gasteiger partial charge in [-0.25, -0.2) is 15.0 Å². The first-order chi connectivity index (χ1) is 12.5. The Hall–Kier alpha value is -2.70. The van der Waals surface area contributed by atoms with Crippen LogP contribution in [0.15, 0.2) is 24.4 Å². The van der Waals surface area contributed by atoms with Gasteiger partial charge in [0.1, 0.15) is 5.56 Å². The summed E-state index contributed by atoms with van der Waals surface area (Å²) in [5, 5.41) is 0. The Bertz CT molecular complexity index is 730. The van der Waals surface area contributed by atoms with Crippen LogP contribution in [0.5, 0.6) is 5.88 Å². The number of nitrogens with zero attached hydrogens (tertiary/aromatic N) is 5. The number of likely N-dealkylation sites (N-methyl/N-ethyl adjacent to an activating group) is 2. The fourth-order valence-corrected chi connectivity index (χ4v) is 2.63. The molecule has 0 aliphatic rings. The molecular weight excluding hydrogens is 330 g/mol. The van der Waals surface area contributed by atoms with Crippen LogP contribution in [0.3, 0.4) is 0 Å². The third-order valence-corrected chi connectivity index (χ3v) is 3.97. The zero-order chi connectivity index (χ0) is 19.1. The van der Waals surface area contributed by atoms with E-state index in [0.29, 0.717) is 43.6 Å². The third-order valence-electron chi connectivity index (χ3n) is 3.97. The maximum absolute atomic E-state index is 12.9. The minimum atomic E-state index is -0.0845. The van der Waals surface area contributed by atoms with Crippen molar-refractivity contribution in [3.63, 3.8) is 0 Å². The highest BCUT2D eigenvalue weighted by Gasteiger charge is 2.20. The SMILES string of the molecule is CCOc1ncccc1C(=O)N(CC)CCN(C)c1nc(C)cc(C)n1. The van der Waals surface area contributed by atoms with Gasteiger partial charge < -0.3 is 14.5 Å². The molecule has 0 radical (unpaired) electrons. The number of carbonyl (C=O) groups excluding carboxylic acids is 1. The fraction of sp³-hybridized carbons (Fsp3) is 0.474. The smallest absolute Gasteiger partial charge is 0.259 e. The topological polar surface area (TPSA) is 71.5 Å². The third kappa shape index (κ3) is 4.91. The molecule has 1 amide bonds. The predicted octanol–water partition coefficient (Wildman–Crippen LogP) is 2.49. The summed E-state index contributed by atoms with van der Waals surface area (Å²) in [5.41, 5.74) is 2.35. The van der Waals surface area contributed by atoms with E-state index in [2.05, 4.69) is 15.0 Å². The molecule has 0 aromatic carbocycles. The van der Waals surface area contributed by atoms with Crippen molar-refractivity contribution in [1.82, 2.24) is 19.9 Å². The minimum absolute atomic E-state index is 0.0845. The van der Waals surface area contributed by atoms with Crippen molar-refractivity contribution in [2.24, 2.45) is 0 Å². The number of hydrogen-bond acceptors (Lipinski definition) is 6. The van der Waals surface area contributed by atoms with Crippen LogP contribution in [-0.4, -0.2) is 59.0 Å². The Balaban J connectivity index is 2.08. The molecule has 0 saturated carbocycles. The summed E-state index contributed by atoms with van der Waals surface area (Å²) in [4.78, 5) is 29.7. The van der Waals surface area contributed by atoms with Gasteiger partial charge in [-0.15, -0.1) is 0 Å². The van der Waals surface area contributed by atoms with Gasteiger partial charge in [-0.1, -0.05) is 0 Å². The Kier molecular flexibility index (Phi) is 6.89. The van der Waals surface area contributed by atoms with Crippen molar-refractivity contribution in [1.29, 1.82) is 0 Å². The summed E-state index contributed by atoms with van der Waals surface area (Å²) in [5.74, 6) is 0.964. The summed E-state index contributed by atoms with van der Waals surface area (Å²) in [6, 6.07) is 5.44. The monoisotopic (exact) mass is 357 g/mol. The second-order valence-electron chi connectivity index (χ2n) is 6.05. The number of aryl methyl sites for hydroxylation is 2. The lowest BCUT2D eigenvalue weighted by molar-refractivity contribution is 0.0763. The van der Waals surface area contributed by atoms with E-state index >= 15 is 0 Å². The van der Waals surface area contributed by atoms with Gasteiger partial charge in [0, 0.05) is 44.3 Å². The quantitative estimate of drug-likeness (QED) is 0.723. The van der Waals surface area contributed by atoms with Crippen LogP contribution in [0.25, 0.3) is 0 Å². The second-order valence-corrected chi connectivity index (χ2v) is 6.05. The molecule has 0 unspecified atom stereocenters. The molecule has 0 saturated heterocycles. The number of ether oxygens (including phenoxy) is 1. The van der Waals surface area contributed by atoms with Crippen LogP contribution < -0.4 is 9.64 Å². The average molecular weight is 357 g/mol. The number of pyridine rings is 1. The summed E-state index contributed by atoms with van der Waals surface area (Å²) >= 11 is 0. The first kappa shape index (κ1) is 19.6. The molecule has 2 rings (SSSR count). The Morgan fingerprint density at radius 2 is 1.85 bits per heavy atom. The van der Waals surface area contributed by atoms with Gasteiger partial charge >= 0.3 is 0 Å². The maximum atomic E-state index is 12.9. The molecule has 2 heterocycles. The molecule has 0 fully saturated rings. The molecule has 0 N–H and O–H groups in total. The number of anilines is 1. The van der Waals surface area contributed by atoms with E-state index in [9.17, 15) is 4.79 Å². The lowest BCUT2D eigenvalue weighted by Gasteiger charge is -2.25. The Morgan fingerprint density at radius 1 is 1.15 bits per heavy atom. The normalized spacial score (nSPS) is 10.5. The van der Waals surface area contributed by atoms with Gasteiger partial charge in [0.05, 0.1) is 6.61 Å². The van der Waals surface area contributed by atoms with Crippen LogP contribution >= 0.6 is 0 Å². The number of rotatable bonds is 8. The summed E-state index contributed by atoms with van der Waals surface area (Å²) in [7, 11) is 1.93. The lowest BCUT2D eigenvalue weighted by Crippen LogP contribution is -2.38. The van der Waals surface area contributed by atoms with Crippen LogP contribution in [0, 0.1) is 13.8 Å². The lowest BCUT2D eigenvalue weighted by atomic mass is 10.2. The molecule has 2 aromatic rings. The Labute approximate surface area is 155 Å². The highest BCUT2D eigenvalue weighted by Crippen LogP contribution is 2.17. The van der Waals surface area contributed by atoms with Gasteiger partial charge in [0.2, 0.25) is 11.8 Å². The van der Waals surface area contributed by atoms with E-state index in [1.54, 1.807) is 23.2 Å². The van der Waals surface area contributed by atoms with E-state index in [4.69, 9.17) is 4.74 Å². The Morgan fingerprint density at radius 3 is 2.46 bits per heavy atom. The molecule has 0 aliphatic carbocycles. The first-order valence-electron chi connectivity index (χ1n) is 8.86. The summed E-state index contributed by atoms with van der Waals surface area (Å²) < 4.78 is 5.49. The van der Waals surface area contributed by atoms with Crippen LogP contribution in [0.4, 0.5) is 5.95 Å². The zero-order valence-corrected chi connectivity index (χ0v) is 16.2. The molecule has 0 aliphatic heterocycles. The van der Waals surface area contributed by atoms with Crippen molar-refractivity contribution < 1.29 is 9.53 Å². The van der Waals surface area contributed by atoms with E-state index < -0.39 is 0 Å². The molecule has 7 nitrogen and oxygen atoms in total. The maximum Gasteiger partial charge on any atom is 0.259 e. The zero-order valence-electron chi connectivity index (χ0n) is 16.2. The summed E-state index contributed by atoms with van der Waals surface area (Å²) in [6.45, 7) is 9.99. The minimum Gasteiger partial charge on any atom is -0.477 e. The van der Waals surface area contributed by atoms with Crippen LogP contribution in [0.1, 0.15) is 35.6 Å². The van der Waals surface area contributed by atoms with Crippen molar-refractivity contribution in [2.75, 3.05) is 38.2 Å². The molecule has 0 atom stereocenters. The standard InChI is InChI=1S/C19H27N5O2/c1-6-24(18(25)16-9-8-10-20-17(16)26-7-2)12-11-23(5)19-21-14(3)13-15(4)22-19/h8-10,13H,6-7,11-12H2,1-5H3. The van der Waals surface area contributed by atoms with Gasteiger partial charge in [-0.05, 0) is 45.9 Å². The van der Waals surface area contributed by atoms with Crippen molar-refractivity contribution in [3.05, 3.63) is 41.3 Å². The average Bonchev–Trinajstić information content (AvgIpc) is 2.61. The van der Waals surface area contributed by atoms with E-state index in [0.717, 1.165) is 11.4 Å². The molecule has 0 spiro atoms. The largest absolute Gasteiger partial charge is 0.477 e. The number of aromatic nitrogens is 3. The second kappa shape index (κ2) is 9.12. The van der Waals surface area contributed by atoms with E-state index in [-0.39, 0.29) is 5.91 Å². The molecule has 7 heteroatoms. The van der Waals surface area contributed by atoms with E-state index in [1.807, 2.05) is 45.7 Å². The van der Waals surface area contributed by atoms with E-state index in [1.165, 1.54) is 0 Å². The number of amides is 1. The van der Waals surface area contributed by atoms with Crippen molar-refractivity contribution in [2.45, 2.75) is 27.7 Å². The highest BCUT2D eigenvalue weighted by atomic mass is 16.5. The highest BCUT2D eigenvalue weighted by molar-refractivity contribution is 5.96. The fourth-order valence-electron chi connectivity index (χ4n) is 2.63. The molecule has 26 heavy (non-hydrogen) atoms. The van der Waals surface area contributed by atoms with Crippen LogP contribution in [-0.2, 0) is 0 Å². The summed E-state index contributed by atoms with van der Waals surface area (Å²) in [6.07, 6.45) is 1.63. The molecule has 2 aromatic heterocycles. The van der Waals surface area contributed by atoms with Crippen molar-refractivity contribution >= 4 is 11.9 Å². The van der Waals surface area contributed by atoms with Gasteiger partial charge in [-0.2, -0.15) is 0 Å². The number of carbonyl (C=O) groups is 1. The van der Waals surface area contributed by atoms with Gasteiger partial charge in [-0.3, -0.25) is 4.79 Å². The first-order valence-corrected chi connectivity index (χ1v) is 8.86. The number of hydrogen-bond donors (Lipinski definition) is 0. The van der Waals surface area contributed by atoms with Gasteiger partial charge in [0.15, 0.2) is 0 Å². The van der Waals surface area contributed by atoms with Gasteiger partial charge in [0.25, 0.3) is 5.91 Å². The molecule has 0 bridgehead atoms. The van der Waals surface area contributed by atoms with Crippen LogP contribution in [0.2, 0.25) is 0 Å². The molecular formula is C19H27N5O2. The van der Waals surface area contributed by atoms with Crippen molar-refractivity contribution in [3.8, 4) is 5.88 Å². The predicted molar refractivity (Wildman–Crippen MR) is 102 cm³/mol.